The van der Waals surface area contributed by atoms with Gasteiger partial charge in [-0.3, -0.25) is 4.99 Å². The molecule has 0 saturated carbocycles. The molecule has 0 saturated heterocycles. The maximum absolute atomic E-state index is 8.78. The zero-order valence-electron chi connectivity index (χ0n) is 11.7. The molecular weight excluding hydrogens is 286 g/mol. The van der Waals surface area contributed by atoms with Gasteiger partial charge in [-0.1, -0.05) is 24.2 Å². The molecule has 0 radical (unpaired) electrons. The van der Waals surface area contributed by atoms with E-state index in [1.807, 2.05) is 12.1 Å². The number of hydrogen-bond acceptors (Lipinski definition) is 4. The molecule has 0 aromatic heterocycles. The van der Waals surface area contributed by atoms with Crippen LogP contribution in [0.5, 0.6) is 5.75 Å². The molecule has 0 aliphatic rings. The number of nitrogens with one attached hydrogen (secondary N) is 1. The van der Waals surface area contributed by atoms with E-state index in [4.69, 9.17) is 21.6 Å². The smallest absolute Gasteiger partial charge is 0.125 e. The third-order valence-electron chi connectivity index (χ3n) is 2.51. The second-order valence-electron chi connectivity index (χ2n) is 3.88. The Morgan fingerprint density at radius 2 is 2.38 bits per heavy atom. The maximum atomic E-state index is 8.78. The molecule has 0 fully saturated rings. The van der Waals surface area contributed by atoms with Crippen LogP contribution in [0.4, 0.5) is 0 Å². The van der Waals surface area contributed by atoms with E-state index in [0.29, 0.717) is 23.0 Å². The second kappa shape index (κ2) is 9.40. The highest BCUT2D eigenvalue weighted by molar-refractivity contribution is 6.30. The number of nitrogens with zero attached hydrogens (tertiary/aromatic N) is 2. The van der Waals surface area contributed by atoms with Gasteiger partial charge in [0.25, 0.3) is 0 Å². The first-order valence-electron chi connectivity index (χ1n) is 6.18. The van der Waals surface area contributed by atoms with Crippen LogP contribution in [0.15, 0.2) is 59.9 Å². The highest BCUT2D eigenvalue weighted by Crippen LogP contribution is 2.23. The van der Waals surface area contributed by atoms with E-state index in [1.54, 1.807) is 37.6 Å². The molecule has 0 atom stereocenters. The normalized spacial score (nSPS) is 11.6. The lowest BCUT2D eigenvalue weighted by molar-refractivity contribution is 0.408. The molecule has 0 unspecified atom stereocenters. The van der Waals surface area contributed by atoms with E-state index >= 15 is 0 Å². The summed E-state index contributed by atoms with van der Waals surface area (Å²) in [4.78, 5) is 3.84. The topological polar surface area (TPSA) is 57.4 Å². The van der Waals surface area contributed by atoms with E-state index in [-0.39, 0.29) is 0 Å². The first-order valence-corrected chi connectivity index (χ1v) is 6.56. The van der Waals surface area contributed by atoms with Gasteiger partial charge in [0.05, 0.1) is 13.2 Å². The minimum absolute atomic E-state index is 0.511. The number of rotatable bonds is 7. The number of nitriles is 1. The Balaban J connectivity index is 2.77. The highest BCUT2D eigenvalue weighted by atomic mass is 35.5. The predicted molar refractivity (Wildman–Crippen MR) is 86.4 cm³/mol. The highest BCUT2D eigenvalue weighted by Gasteiger charge is 2.03. The number of ether oxygens (including phenoxy) is 1. The van der Waals surface area contributed by atoms with Crippen LogP contribution in [0.2, 0.25) is 5.02 Å². The van der Waals surface area contributed by atoms with Crippen molar-refractivity contribution in [3.05, 3.63) is 65.5 Å². The largest absolute Gasteiger partial charge is 0.496 e. The van der Waals surface area contributed by atoms with Crippen LogP contribution in [0, 0.1) is 11.3 Å². The molecule has 0 amide bonds. The quantitative estimate of drug-likeness (QED) is 0.475. The molecule has 0 spiro atoms. The maximum Gasteiger partial charge on any atom is 0.125 e. The van der Waals surface area contributed by atoms with Gasteiger partial charge in [-0.2, -0.15) is 5.26 Å². The van der Waals surface area contributed by atoms with Crippen molar-refractivity contribution in [2.45, 2.75) is 6.54 Å². The Hall–Kier alpha value is -2.51. The van der Waals surface area contributed by atoms with Crippen molar-refractivity contribution in [3.63, 3.8) is 0 Å². The summed E-state index contributed by atoms with van der Waals surface area (Å²) in [6.07, 6.45) is 7.91. The van der Waals surface area contributed by atoms with Gasteiger partial charge in [-0.25, -0.2) is 0 Å². The Labute approximate surface area is 129 Å². The molecule has 108 valence electrons. The average molecular weight is 302 g/mol. The Morgan fingerprint density at radius 3 is 3.05 bits per heavy atom. The number of halogens is 1. The summed E-state index contributed by atoms with van der Waals surface area (Å²) < 4.78 is 5.27. The minimum atomic E-state index is 0.511. The van der Waals surface area contributed by atoms with Gasteiger partial charge in [0, 0.05) is 41.3 Å². The fourth-order valence-corrected chi connectivity index (χ4v) is 1.71. The van der Waals surface area contributed by atoms with E-state index in [0.717, 1.165) is 5.56 Å². The molecule has 1 N–H and O–H groups in total. The van der Waals surface area contributed by atoms with Gasteiger partial charge in [0.2, 0.25) is 0 Å². The van der Waals surface area contributed by atoms with Gasteiger partial charge in [0.1, 0.15) is 5.75 Å². The van der Waals surface area contributed by atoms with Crippen LogP contribution in [0.1, 0.15) is 5.56 Å². The third kappa shape index (κ3) is 5.98. The Bertz CT molecular complexity index is 612. The Kier molecular flexibility index (Phi) is 7.41. The molecule has 4 nitrogen and oxygen atoms in total. The van der Waals surface area contributed by atoms with Crippen LogP contribution in [-0.4, -0.2) is 13.3 Å². The molecule has 21 heavy (non-hydrogen) atoms. The van der Waals surface area contributed by atoms with Gasteiger partial charge in [-0.05, 0) is 24.3 Å². The fourth-order valence-electron chi connectivity index (χ4n) is 1.55. The number of allylic oxidation sites excluding steroid dienone is 3. The second-order valence-corrected chi connectivity index (χ2v) is 4.31. The van der Waals surface area contributed by atoms with Crippen molar-refractivity contribution in [2.24, 2.45) is 4.99 Å². The SMILES string of the molecule is C=CN=C/C=C\C(=C\C#N)NCc1ccc(Cl)cc1OC. The average Bonchev–Trinajstić information content (AvgIpc) is 2.49. The third-order valence-corrected chi connectivity index (χ3v) is 2.74. The van der Waals surface area contributed by atoms with Crippen molar-refractivity contribution in [1.82, 2.24) is 5.32 Å². The molecule has 0 heterocycles. The van der Waals surface area contributed by atoms with Crippen LogP contribution in [0.3, 0.4) is 0 Å². The van der Waals surface area contributed by atoms with E-state index in [1.165, 1.54) is 12.3 Å². The molecule has 0 aliphatic carbocycles. The number of methoxy groups -OCH3 is 1. The number of benzene rings is 1. The molecule has 0 bridgehead atoms. The van der Waals surface area contributed by atoms with Crippen LogP contribution >= 0.6 is 11.6 Å². The van der Waals surface area contributed by atoms with Gasteiger partial charge >= 0.3 is 0 Å². The van der Waals surface area contributed by atoms with Crippen molar-refractivity contribution in [1.29, 1.82) is 5.26 Å². The summed E-state index contributed by atoms with van der Waals surface area (Å²) in [6.45, 7) is 3.99. The van der Waals surface area contributed by atoms with Crippen LogP contribution in [0.25, 0.3) is 0 Å². The van der Waals surface area contributed by atoms with Crippen LogP contribution < -0.4 is 10.1 Å². The zero-order valence-corrected chi connectivity index (χ0v) is 12.5. The fraction of sp³-hybridized carbons (Fsp3) is 0.125. The summed E-state index contributed by atoms with van der Waals surface area (Å²) in [5.41, 5.74) is 1.61. The Morgan fingerprint density at radius 1 is 1.57 bits per heavy atom. The lowest BCUT2D eigenvalue weighted by Gasteiger charge is -2.11. The van der Waals surface area contributed by atoms with Crippen molar-refractivity contribution in [2.75, 3.05) is 7.11 Å². The number of hydrogen-bond donors (Lipinski definition) is 1. The van der Waals surface area contributed by atoms with E-state index in [2.05, 4.69) is 16.9 Å². The summed E-state index contributed by atoms with van der Waals surface area (Å²) in [5.74, 6) is 0.698. The van der Waals surface area contributed by atoms with E-state index < -0.39 is 0 Å². The summed E-state index contributed by atoms with van der Waals surface area (Å²) >= 11 is 5.92. The molecule has 1 aromatic carbocycles. The van der Waals surface area contributed by atoms with Gasteiger partial charge in [-0.15, -0.1) is 0 Å². The number of aliphatic imine (C=N–C) groups is 1. The summed E-state index contributed by atoms with van der Waals surface area (Å²) in [5, 5.41) is 12.5. The standard InChI is InChI=1S/C16H16ClN3O/c1-3-19-10-4-5-15(8-9-18)20-12-13-6-7-14(17)11-16(13)21-2/h3-8,10-11,20H,1,12H2,2H3/b5-4-,15-8-,19-10?. The predicted octanol–water partition coefficient (Wildman–Crippen LogP) is 3.62. The zero-order chi connectivity index (χ0) is 15.5. The van der Waals surface area contributed by atoms with Crippen molar-refractivity contribution < 1.29 is 4.74 Å². The lowest BCUT2D eigenvalue weighted by atomic mass is 10.2. The summed E-state index contributed by atoms with van der Waals surface area (Å²) in [6, 6.07) is 7.41. The molecular formula is C16H16ClN3O. The van der Waals surface area contributed by atoms with Crippen LogP contribution in [-0.2, 0) is 6.54 Å². The molecule has 0 aliphatic heterocycles. The first-order chi connectivity index (χ1) is 10.2. The first kappa shape index (κ1) is 16.5. The van der Waals surface area contributed by atoms with Crippen molar-refractivity contribution in [3.8, 4) is 11.8 Å². The van der Waals surface area contributed by atoms with Gasteiger partial charge < -0.3 is 10.1 Å². The molecule has 1 rings (SSSR count). The lowest BCUT2D eigenvalue weighted by Crippen LogP contribution is -2.12. The minimum Gasteiger partial charge on any atom is -0.496 e. The molecule has 1 aromatic rings. The monoisotopic (exact) mass is 301 g/mol. The molecule has 5 heteroatoms. The van der Waals surface area contributed by atoms with E-state index in [9.17, 15) is 0 Å². The van der Waals surface area contributed by atoms with Crippen molar-refractivity contribution >= 4 is 17.8 Å². The van der Waals surface area contributed by atoms with Gasteiger partial charge in [0.15, 0.2) is 0 Å². The summed E-state index contributed by atoms with van der Waals surface area (Å²) in [7, 11) is 1.59.